The number of hydrogen-bond donors (Lipinski definition) is 0. The molecule has 1 fully saturated rings. The third-order valence-electron chi connectivity index (χ3n) is 6.58. The Morgan fingerprint density at radius 2 is 1.76 bits per heavy atom. The Labute approximate surface area is 201 Å². The number of para-hydroxylation sites is 1. The zero-order valence-corrected chi connectivity index (χ0v) is 20.2. The lowest BCUT2D eigenvalue weighted by Crippen LogP contribution is -2.40. The van der Waals surface area contributed by atoms with Crippen molar-refractivity contribution >= 4 is 33.7 Å². The first-order chi connectivity index (χ1) is 16.4. The summed E-state index contributed by atoms with van der Waals surface area (Å²) in [7, 11) is -1.90. The number of nitrogens with zero attached hydrogens (tertiary/aromatic N) is 2. The molecule has 0 bridgehead atoms. The van der Waals surface area contributed by atoms with E-state index in [1.54, 1.807) is 30.2 Å². The minimum absolute atomic E-state index is 0.195. The second-order valence-corrected chi connectivity index (χ2v) is 10.6. The number of hydrogen-bond acceptors (Lipinski definition) is 5. The maximum atomic E-state index is 13.1. The van der Waals surface area contributed by atoms with Crippen molar-refractivity contribution < 1.29 is 22.7 Å². The predicted molar refractivity (Wildman–Crippen MR) is 131 cm³/mol. The van der Waals surface area contributed by atoms with Crippen LogP contribution in [0.5, 0.6) is 0 Å². The van der Waals surface area contributed by atoms with Crippen LogP contribution in [0, 0.1) is 0 Å². The maximum Gasteiger partial charge on any atom is 0.331 e. The van der Waals surface area contributed by atoms with E-state index in [2.05, 4.69) is 0 Å². The summed E-state index contributed by atoms with van der Waals surface area (Å²) in [5, 5.41) is 0. The average Bonchev–Trinajstić information content (AvgIpc) is 3.31. The highest BCUT2D eigenvalue weighted by atomic mass is 32.2. The molecule has 0 unspecified atom stereocenters. The van der Waals surface area contributed by atoms with Crippen molar-refractivity contribution in [2.24, 2.45) is 0 Å². The molecule has 1 heterocycles. The minimum atomic E-state index is -3.66. The van der Waals surface area contributed by atoms with E-state index >= 15 is 0 Å². The number of rotatable bonds is 7. The number of likely N-dealkylation sites (N-methyl/N-ethyl adjacent to an activating group) is 1. The standard InChI is InChI=1S/C26H30N2O5S/c1-27(22-8-3-2-4-9-22)25(29)19-33-26(30)16-13-20-11-14-23(15-12-20)34(31,32)28-18-17-21-7-5-6-10-24(21)28/h5-7,10-16,22H,2-4,8-9,17-19H2,1H3/b16-13+. The van der Waals surface area contributed by atoms with Gasteiger partial charge in [-0.2, -0.15) is 0 Å². The topological polar surface area (TPSA) is 84.0 Å². The summed E-state index contributed by atoms with van der Waals surface area (Å²) in [5.41, 5.74) is 2.40. The Morgan fingerprint density at radius 1 is 1.06 bits per heavy atom. The van der Waals surface area contributed by atoms with E-state index in [9.17, 15) is 18.0 Å². The lowest BCUT2D eigenvalue weighted by Gasteiger charge is -2.31. The molecule has 1 aliphatic heterocycles. The van der Waals surface area contributed by atoms with Gasteiger partial charge in [0, 0.05) is 25.7 Å². The lowest BCUT2D eigenvalue weighted by molar-refractivity contribution is -0.148. The molecule has 4 rings (SSSR count). The smallest absolute Gasteiger partial charge is 0.331 e. The molecule has 0 spiro atoms. The highest BCUT2D eigenvalue weighted by molar-refractivity contribution is 7.92. The summed E-state index contributed by atoms with van der Waals surface area (Å²) in [6.07, 6.45) is 8.91. The Balaban J connectivity index is 1.32. The lowest BCUT2D eigenvalue weighted by atomic mass is 9.94. The third kappa shape index (κ3) is 5.33. The third-order valence-corrected chi connectivity index (χ3v) is 8.41. The second kappa shape index (κ2) is 10.4. The molecule has 1 amide bonds. The van der Waals surface area contributed by atoms with Crippen molar-refractivity contribution in [3.8, 4) is 0 Å². The van der Waals surface area contributed by atoms with Gasteiger partial charge in [0.1, 0.15) is 0 Å². The molecule has 180 valence electrons. The van der Waals surface area contributed by atoms with Crippen LogP contribution in [0.1, 0.15) is 43.2 Å². The molecule has 0 atom stereocenters. The van der Waals surface area contributed by atoms with Crippen molar-refractivity contribution in [2.75, 3.05) is 24.5 Å². The second-order valence-electron chi connectivity index (χ2n) is 8.76. The van der Waals surface area contributed by atoms with Crippen molar-refractivity contribution in [3.63, 3.8) is 0 Å². The van der Waals surface area contributed by atoms with Crippen LogP contribution in [0.2, 0.25) is 0 Å². The minimum Gasteiger partial charge on any atom is -0.452 e. The maximum absolute atomic E-state index is 13.1. The van der Waals surface area contributed by atoms with Gasteiger partial charge in [0.05, 0.1) is 10.6 Å². The van der Waals surface area contributed by atoms with Gasteiger partial charge in [0.2, 0.25) is 0 Å². The molecule has 2 aromatic carbocycles. The van der Waals surface area contributed by atoms with Crippen LogP contribution < -0.4 is 4.31 Å². The van der Waals surface area contributed by atoms with Crippen LogP contribution in [0.4, 0.5) is 5.69 Å². The zero-order valence-electron chi connectivity index (χ0n) is 19.4. The molecule has 2 aliphatic rings. The molecule has 8 heteroatoms. The van der Waals surface area contributed by atoms with Crippen molar-refractivity contribution in [1.29, 1.82) is 0 Å². The zero-order chi connectivity index (χ0) is 24.1. The Hall–Kier alpha value is -3.13. The Kier molecular flexibility index (Phi) is 7.36. The summed E-state index contributed by atoms with van der Waals surface area (Å²) in [5.74, 6) is -0.817. The number of carbonyl (C=O) groups is 2. The fourth-order valence-corrected chi connectivity index (χ4v) is 6.06. The SMILES string of the molecule is CN(C(=O)COC(=O)/C=C/c1ccc(S(=O)(=O)N2CCc3ccccc32)cc1)C1CCCCC1. The Morgan fingerprint density at radius 3 is 2.50 bits per heavy atom. The van der Waals surface area contributed by atoms with Crippen molar-refractivity contribution in [1.82, 2.24) is 4.90 Å². The van der Waals surface area contributed by atoms with E-state index < -0.39 is 16.0 Å². The van der Waals surface area contributed by atoms with E-state index in [4.69, 9.17) is 4.74 Å². The molecular weight excluding hydrogens is 452 g/mol. The fraction of sp³-hybridized carbons (Fsp3) is 0.385. The van der Waals surface area contributed by atoms with Gasteiger partial charge in [0.15, 0.2) is 6.61 Å². The van der Waals surface area contributed by atoms with Gasteiger partial charge in [-0.3, -0.25) is 9.10 Å². The quantitative estimate of drug-likeness (QED) is 0.443. The molecule has 0 saturated heterocycles. The molecule has 1 saturated carbocycles. The van der Waals surface area contributed by atoms with Gasteiger partial charge >= 0.3 is 5.97 Å². The molecule has 34 heavy (non-hydrogen) atoms. The largest absolute Gasteiger partial charge is 0.452 e. The number of sulfonamides is 1. The molecule has 7 nitrogen and oxygen atoms in total. The summed E-state index contributed by atoms with van der Waals surface area (Å²) in [6, 6.07) is 14.1. The molecule has 0 radical (unpaired) electrons. The molecule has 2 aromatic rings. The highest BCUT2D eigenvalue weighted by Gasteiger charge is 2.30. The predicted octanol–water partition coefficient (Wildman–Crippen LogP) is 3.79. The average molecular weight is 483 g/mol. The van der Waals surface area contributed by atoms with Gasteiger partial charge in [-0.25, -0.2) is 13.2 Å². The molecular formula is C26H30N2O5S. The highest BCUT2D eigenvalue weighted by Crippen LogP contribution is 2.32. The van der Waals surface area contributed by atoms with Crippen molar-refractivity contribution in [2.45, 2.75) is 49.5 Å². The number of benzene rings is 2. The number of anilines is 1. The number of esters is 1. The van der Waals surface area contributed by atoms with Crippen LogP contribution in [0.25, 0.3) is 6.08 Å². The van der Waals surface area contributed by atoms with E-state index in [0.29, 0.717) is 18.5 Å². The molecule has 0 aromatic heterocycles. The van der Waals surface area contributed by atoms with Gasteiger partial charge in [0.25, 0.3) is 15.9 Å². The van der Waals surface area contributed by atoms with Crippen LogP contribution >= 0.6 is 0 Å². The number of ether oxygens (including phenoxy) is 1. The van der Waals surface area contributed by atoms with Crippen LogP contribution in [0.3, 0.4) is 0 Å². The number of carbonyl (C=O) groups excluding carboxylic acids is 2. The monoisotopic (exact) mass is 482 g/mol. The summed E-state index contributed by atoms with van der Waals surface area (Å²) in [6.45, 7) is 0.133. The fourth-order valence-electron chi connectivity index (χ4n) is 4.55. The Bertz CT molecular complexity index is 1170. The first-order valence-corrected chi connectivity index (χ1v) is 13.1. The molecule has 1 aliphatic carbocycles. The van der Waals surface area contributed by atoms with Gasteiger partial charge < -0.3 is 9.64 Å². The van der Waals surface area contributed by atoms with E-state index in [-0.39, 0.29) is 23.5 Å². The number of fused-ring (bicyclic) bond motifs is 1. The first kappa shape index (κ1) is 24.0. The van der Waals surface area contributed by atoms with Gasteiger partial charge in [-0.05, 0) is 54.7 Å². The summed E-state index contributed by atoms with van der Waals surface area (Å²) < 4.78 is 32.7. The summed E-state index contributed by atoms with van der Waals surface area (Å²) in [4.78, 5) is 26.2. The van der Waals surface area contributed by atoms with Crippen molar-refractivity contribution in [3.05, 3.63) is 65.7 Å². The van der Waals surface area contributed by atoms with E-state index in [1.807, 2.05) is 24.3 Å². The summed E-state index contributed by atoms with van der Waals surface area (Å²) >= 11 is 0. The van der Waals surface area contributed by atoms with Crippen LogP contribution in [-0.4, -0.2) is 51.4 Å². The number of amides is 1. The normalized spacial score (nSPS) is 16.4. The van der Waals surface area contributed by atoms with E-state index in [1.165, 1.54) is 28.9 Å². The van der Waals surface area contributed by atoms with Crippen LogP contribution in [-0.2, 0) is 30.8 Å². The first-order valence-electron chi connectivity index (χ1n) is 11.7. The van der Waals surface area contributed by atoms with Crippen LogP contribution in [0.15, 0.2) is 59.5 Å². The molecule has 0 N–H and O–H groups in total. The van der Waals surface area contributed by atoms with E-state index in [0.717, 1.165) is 36.9 Å². The van der Waals surface area contributed by atoms with Gasteiger partial charge in [-0.1, -0.05) is 49.6 Å². The van der Waals surface area contributed by atoms with Gasteiger partial charge in [-0.15, -0.1) is 0 Å².